The quantitative estimate of drug-likeness (QED) is 0.633. The minimum Gasteiger partial charge on any atom is -0.379 e. The molecule has 0 saturated heterocycles. The first-order chi connectivity index (χ1) is 7.93. The summed E-state index contributed by atoms with van der Waals surface area (Å²) in [7, 11) is 0. The van der Waals surface area contributed by atoms with Crippen molar-refractivity contribution in [2.45, 2.75) is 20.8 Å². The Balaban J connectivity index is 2.84. The van der Waals surface area contributed by atoms with E-state index in [0.717, 1.165) is 6.07 Å². The Morgan fingerprint density at radius 3 is 2.59 bits per heavy atom. The van der Waals surface area contributed by atoms with E-state index < -0.39 is 16.4 Å². The van der Waals surface area contributed by atoms with E-state index in [1.807, 2.05) is 6.92 Å². The van der Waals surface area contributed by atoms with Crippen molar-refractivity contribution < 1.29 is 9.31 Å². The van der Waals surface area contributed by atoms with Gasteiger partial charge >= 0.3 is 5.69 Å². The molecule has 4 nitrogen and oxygen atoms in total. The summed E-state index contributed by atoms with van der Waals surface area (Å²) in [4.78, 5) is 10.0. The molecule has 0 radical (unpaired) electrons. The molecule has 1 aromatic rings. The molecule has 0 bridgehead atoms. The summed E-state index contributed by atoms with van der Waals surface area (Å²) in [6.45, 7) is 6.78. The summed E-state index contributed by atoms with van der Waals surface area (Å²) in [6.07, 6.45) is 0. The number of nitrogens with zero attached hydrogens (tertiary/aromatic N) is 1. The Kier molecular flexibility index (Phi) is 4.43. The van der Waals surface area contributed by atoms with Crippen molar-refractivity contribution in [2.24, 2.45) is 11.8 Å². The van der Waals surface area contributed by atoms with Gasteiger partial charge < -0.3 is 5.32 Å². The molecule has 0 amide bonds. The molecule has 94 valence electrons. The van der Waals surface area contributed by atoms with E-state index in [1.54, 1.807) is 0 Å². The number of rotatable bonds is 5. The molecule has 0 aliphatic heterocycles. The molecule has 1 unspecified atom stereocenters. The van der Waals surface area contributed by atoms with E-state index in [0.29, 0.717) is 18.4 Å². The van der Waals surface area contributed by atoms with E-state index in [-0.39, 0.29) is 5.69 Å². The molecule has 0 aliphatic rings. The van der Waals surface area contributed by atoms with Gasteiger partial charge in [-0.25, -0.2) is 0 Å². The molecule has 5 heteroatoms. The summed E-state index contributed by atoms with van der Waals surface area (Å²) in [5.41, 5.74) is -0.244. The average Bonchev–Trinajstić information content (AvgIpc) is 2.24. The molecule has 1 atom stereocenters. The van der Waals surface area contributed by atoms with Crippen molar-refractivity contribution in [3.63, 3.8) is 0 Å². The van der Waals surface area contributed by atoms with E-state index >= 15 is 0 Å². The lowest BCUT2D eigenvalue weighted by atomic mass is 9.98. The summed E-state index contributed by atoms with van der Waals surface area (Å²) in [6, 6.07) is 4.08. The van der Waals surface area contributed by atoms with Crippen LogP contribution in [0.1, 0.15) is 20.8 Å². The van der Waals surface area contributed by atoms with Crippen molar-refractivity contribution in [2.75, 3.05) is 11.9 Å². The number of hydrogen-bond acceptors (Lipinski definition) is 3. The monoisotopic (exact) mass is 240 g/mol. The second-order valence-corrected chi connectivity index (χ2v) is 4.50. The molecule has 1 N–H and O–H groups in total. The highest BCUT2D eigenvalue weighted by Gasteiger charge is 2.20. The number of nitro benzene ring substituents is 1. The highest BCUT2D eigenvalue weighted by molar-refractivity contribution is 5.61. The van der Waals surface area contributed by atoms with Gasteiger partial charge in [-0.3, -0.25) is 10.1 Å². The van der Waals surface area contributed by atoms with Crippen molar-refractivity contribution in [3.05, 3.63) is 34.1 Å². The third-order valence-electron chi connectivity index (χ3n) is 2.92. The largest absolute Gasteiger partial charge is 0.379 e. The number of nitro groups is 1. The van der Waals surface area contributed by atoms with Gasteiger partial charge in [0.1, 0.15) is 5.69 Å². The number of para-hydroxylation sites is 1. The SMILES string of the molecule is CC(C)C(C)CNc1cccc(F)c1[N+](=O)[O-]. The molecule has 0 aromatic heterocycles. The summed E-state index contributed by atoms with van der Waals surface area (Å²) in [5.74, 6) is 0.0187. The van der Waals surface area contributed by atoms with Crippen LogP contribution in [0.4, 0.5) is 15.8 Å². The smallest absolute Gasteiger partial charge is 0.327 e. The highest BCUT2D eigenvalue weighted by atomic mass is 19.1. The van der Waals surface area contributed by atoms with E-state index in [1.165, 1.54) is 12.1 Å². The lowest BCUT2D eigenvalue weighted by Gasteiger charge is -2.16. The Morgan fingerprint density at radius 1 is 1.41 bits per heavy atom. The number of benzene rings is 1. The van der Waals surface area contributed by atoms with Crippen LogP contribution in [-0.4, -0.2) is 11.5 Å². The predicted octanol–water partition coefficient (Wildman–Crippen LogP) is 3.44. The molecule has 17 heavy (non-hydrogen) atoms. The van der Waals surface area contributed by atoms with Crippen LogP contribution in [0, 0.1) is 27.8 Å². The summed E-state index contributed by atoms with van der Waals surface area (Å²) < 4.78 is 13.3. The third-order valence-corrected chi connectivity index (χ3v) is 2.92. The fourth-order valence-electron chi connectivity index (χ4n) is 1.35. The van der Waals surface area contributed by atoms with Crippen molar-refractivity contribution in [1.82, 2.24) is 0 Å². The van der Waals surface area contributed by atoms with Gasteiger partial charge in [0, 0.05) is 6.54 Å². The second kappa shape index (κ2) is 5.61. The molecular formula is C12H17FN2O2. The van der Waals surface area contributed by atoms with Crippen LogP contribution < -0.4 is 5.32 Å². The lowest BCUT2D eigenvalue weighted by Crippen LogP contribution is -2.17. The minimum absolute atomic E-state index is 0.238. The van der Waals surface area contributed by atoms with E-state index in [4.69, 9.17) is 0 Å². The second-order valence-electron chi connectivity index (χ2n) is 4.50. The Labute approximate surface area is 100.0 Å². The van der Waals surface area contributed by atoms with Crippen LogP contribution in [0.5, 0.6) is 0 Å². The van der Waals surface area contributed by atoms with Crippen LogP contribution in [0.3, 0.4) is 0 Å². The normalized spacial score (nSPS) is 12.5. The maximum atomic E-state index is 13.3. The first-order valence-electron chi connectivity index (χ1n) is 5.60. The zero-order chi connectivity index (χ0) is 13.0. The lowest BCUT2D eigenvalue weighted by molar-refractivity contribution is -0.386. The molecular weight excluding hydrogens is 223 g/mol. The Morgan fingerprint density at radius 2 is 2.06 bits per heavy atom. The Bertz CT molecular complexity index is 407. The highest BCUT2D eigenvalue weighted by Crippen LogP contribution is 2.27. The standard InChI is InChI=1S/C12H17FN2O2/c1-8(2)9(3)7-14-11-6-4-5-10(13)12(11)15(16)17/h4-6,8-9,14H,7H2,1-3H3. The number of nitrogens with one attached hydrogen (secondary N) is 1. The van der Waals surface area contributed by atoms with Crippen LogP contribution in [0.2, 0.25) is 0 Å². The number of hydrogen-bond donors (Lipinski definition) is 1. The van der Waals surface area contributed by atoms with Crippen molar-refractivity contribution >= 4 is 11.4 Å². The van der Waals surface area contributed by atoms with Crippen molar-refractivity contribution in [3.8, 4) is 0 Å². The van der Waals surface area contributed by atoms with Crippen LogP contribution in [0.15, 0.2) is 18.2 Å². The fraction of sp³-hybridized carbons (Fsp3) is 0.500. The third kappa shape index (κ3) is 3.41. The van der Waals surface area contributed by atoms with Gasteiger partial charge in [0.15, 0.2) is 0 Å². The van der Waals surface area contributed by atoms with Gasteiger partial charge in [0.2, 0.25) is 5.82 Å². The molecule has 1 aromatic carbocycles. The molecule has 0 fully saturated rings. The zero-order valence-electron chi connectivity index (χ0n) is 10.2. The summed E-state index contributed by atoms with van der Waals surface area (Å²) >= 11 is 0. The van der Waals surface area contributed by atoms with Crippen LogP contribution in [-0.2, 0) is 0 Å². The topological polar surface area (TPSA) is 55.2 Å². The van der Waals surface area contributed by atoms with Gasteiger partial charge in [-0.2, -0.15) is 4.39 Å². The van der Waals surface area contributed by atoms with Gasteiger partial charge in [-0.05, 0) is 24.0 Å². The van der Waals surface area contributed by atoms with Crippen LogP contribution >= 0.6 is 0 Å². The predicted molar refractivity (Wildman–Crippen MR) is 65.5 cm³/mol. The molecule has 0 aliphatic carbocycles. The van der Waals surface area contributed by atoms with Gasteiger partial charge in [0.05, 0.1) is 4.92 Å². The first-order valence-corrected chi connectivity index (χ1v) is 5.60. The number of halogens is 1. The molecule has 0 heterocycles. The number of anilines is 1. The first kappa shape index (κ1) is 13.4. The van der Waals surface area contributed by atoms with Crippen LogP contribution in [0.25, 0.3) is 0 Å². The Hall–Kier alpha value is -1.65. The maximum absolute atomic E-state index is 13.3. The van der Waals surface area contributed by atoms with E-state index in [2.05, 4.69) is 19.2 Å². The average molecular weight is 240 g/mol. The molecule has 0 saturated carbocycles. The van der Waals surface area contributed by atoms with Gasteiger partial charge in [0.25, 0.3) is 0 Å². The minimum atomic E-state index is -0.808. The maximum Gasteiger partial charge on any atom is 0.327 e. The summed E-state index contributed by atoms with van der Waals surface area (Å²) in [5, 5.41) is 13.7. The van der Waals surface area contributed by atoms with E-state index in [9.17, 15) is 14.5 Å². The fourth-order valence-corrected chi connectivity index (χ4v) is 1.35. The zero-order valence-corrected chi connectivity index (χ0v) is 10.2. The van der Waals surface area contributed by atoms with Crippen molar-refractivity contribution in [1.29, 1.82) is 0 Å². The van der Waals surface area contributed by atoms with Gasteiger partial charge in [-0.1, -0.05) is 26.8 Å². The molecule has 1 rings (SSSR count). The van der Waals surface area contributed by atoms with Gasteiger partial charge in [-0.15, -0.1) is 0 Å². The molecule has 0 spiro atoms.